The third kappa shape index (κ3) is 4.82. The Kier molecular flexibility index (Phi) is 6.95. The molecule has 0 spiro atoms. The number of hydrogen-bond acceptors (Lipinski definition) is 6. The number of rotatable bonds is 7. The normalized spacial score (nSPS) is 25.2. The summed E-state index contributed by atoms with van der Waals surface area (Å²) in [5.74, 6) is -1.18. The molecule has 0 radical (unpaired) electrons. The highest BCUT2D eigenvalue weighted by Gasteiger charge is 2.53. The Hall–Kier alpha value is -3.03. The Labute approximate surface area is 212 Å². The van der Waals surface area contributed by atoms with Crippen molar-refractivity contribution in [1.29, 1.82) is 0 Å². The van der Waals surface area contributed by atoms with Crippen LogP contribution in [0.5, 0.6) is 0 Å². The van der Waals surface area contributed by atoms with Crippen molar-refractivity contribution in [3.05, 3.63) is 108 Å². The average Bonchev–Trinajstić information content (AvgIpc) is 3.21. The van der Waals surface area contributed by atoms with E-state index in [-0.39, 0.29) is 18.7 Å². The number of ether oxygens (including phenoxy) is 5. The van der Waals surface area contributed by atoms with Crippen LogP contribution in [0, 0.1) is 0 Å². The van der Waals surface area contributed by atoms with E-state index in [0.29, 0.717) is 6.61 Å². The number of fused-ring (bicyclic) bond motifs is 1. The lowest BCUT2D eigenvalue weighted by atomic mass is 9.80. The third-order valence-electron chi connectivity index (χ3n) is 6.73. The van der Waals surface area contributed by atoms with Crippen LogP contribution in [0.3, 0.4) is 0 Å². The topological polar surface area (TPSA) is 63.2 Å². The Morgan fingerprint density at radius 3 is 1.86 bits per heavy atom. The van der Waals surface area contributed by atoms with E-state index in [1.54, 1.807) is 0 Å². The highest BCUT2D eigenvalue weighted by molar-refractivity contribution is 5.66. The van der Waals surface area contributed by atoms with Gasteiger partial charge in [0.25, 0.3) is 0 Å². The van der Waals surface area contributed by atoms with E-state index in [1.807, 2.05) is 68.4 Å². The molecule has 4 atom stereocenters. The maximum absolute atomic E-state index is 12.0. The first kappa shape index (κ1) is 24.7. The van der Waals surface area contributed by atoms with Crippen LogP contribution in [0.15, 0.2) is 91.0 Å². The van der Waals surface area contributed by atoms with Gasteiger partial charge in [-0.3, -0.25) is 4.79 Å². The third-order valence-corrected chi connectivity index (χ3v) is 6.73. The van der Waals surface area contributed by atoms with Gasteiger partial charge in [-0.2, -0.15) is 0 Å². The van der Waals surface area contributed by atoms with Crippen LogP contribution < -0.4 is 0 Å². The summed E-state index contributed by atoms with van der Waals surface area (Å²) >= 11 is 0. The van der Waals surface area contributed by atoms with Crippen molar-refractivity contribution in [3.8, 4) is 0 Å². The molecule has 2 heterocycles. The van der Waals surface area contributed by atoms with Crippen LogP contribution >= 0.6 is 0 Å². The molecule has 0 aromatic heterocycles. The maximum Gasteiger partial charge on any atom is 0.303 e. The Morgan fingerprint density at radius 1 is 0.889 bits per heavy atom. The zero-order chi connectivity index (χ0) is 25.2. The summed E-state index contributed by atoms with van der Waals surface area (Å²) in [5, 5.41) is 0. The van der Waals surface area contributed by atoms with Crippen LogP contribution in [0.25, 0.3) is 0 Å². The number of carbonyl (C=O) groups is 1. The SMILES string of the molecule is CC(=O)O[C@@H]1[C@@H]2OC(C)(C)OC[C@@H]2O[C@@H]1COC(c1ccccc1)(c1ccccc1)c1ccccc1. The molecule has 3 aromatic carbocycles. The zero-order valence-electron chi connectivity index (χ0n) is 20.8. The fourth-order valence-electron chi connectivity index (χ4n) is 5.17. The number of benzene rings is 3. The molecule has 2 fully saturated rings. The molecule has 2 aliphatic heterocycles. The second-order valence-electron chi connectivity index (χ2n) is 9.67. The van der Waals surface area contributed by atoms with Gasteiger partial charge in [-0.1, -0.05) is 91.0 Å². The van der Waals surface area contributed by atoms with Crippen LogP contribution in [0.1, 0.15) is 37.5 Å². The summed E-state index contributed by atoms with van der Waals surface area (Å²) < 4.78 is 30.9. The zero-order valence-corrected chi connectivity index (χ0v) is 20.8. The first-order chi connectivity index (χ1) is 17.4. The summed E-state index contributed by atoms with van der Waals surface area (Å²) in [6, 6.07) is 30.4. The summed E-state index contributed by atoms with van der Waals surface area (Å²) in [5.41, 5.74) is 2.06. The quantitative estimate of drug-likeness (QED) is 0.350. The standard InChI is InChI=1S/C30H32O6/c1-21(31)34-27-25(35-26-19-32-29(2,3)36-28(26)27)20-33-30(22-13-7-4-8-14-22,23-15-9-5-10-16-23)24-17-11-6-12-18-24/h4-18,25-28H,19-20H2,1-3H3/t25-,26+,27+,28-/m1/s1. The lowest BCUT2D eigenvalue weighted by Gasteiger charge is -2.38. The van der Waals surface area contributed by atoms with Gasteiger partial charge in [-0.25, -0.2) is 0 Å². The lowest BCUT2D eigenvalue weighted by molar-refractivity contribution is -0.300. The van der Waals surface area contributed by atoms with Gasteiger partial charge in [0.1, 0.15) is 23.9 Å². The molecule has 3 aromatic rings. The number of esters is 1. The molecule has 5 rings (SSSR count). The summed E-state index contributed by atoms with van der Waals surface area (Å²) in [4.78, 5) is 12.0. The molecule has 0 unspecified atom stereocenters. The van der Waals surface area contributed by atoms with E-state index in [4.69, 9.17) is 23.7 Å². The van der Waals surface area contributed by atoms with E-state index in [9.17, 15) is 4.79 Å². The van der Waals surface area contributed by atoms with E-state index in [1.165, 1.54) is 6.92 Å². The summed E-state index contributed by atoms with van der Waals surface area (Å²) in [7, 11) is 0. The van der Waals surface area contributed by atoms with Gasteiger partial charge in [0.05, 0.1) is 13.2 Å². The van der Waals surface area contributed by atoms with Gasteiger partial charge in [0.2, 0.25) is 0 Å². The number of hydrogen-bond donors (Lipinski definition) is 0. The van der Waals surface area contributed by atoms with Gasteiger partial charge in [-0.05, 0) is 30.5 Å². The molecule has 0 saturated carbocycles. The molecule has 2 aliphatic rings. The molecule has 2 saturated heterocycles. The molecule has 0 N–H and O–H groups in total. The molecule has 0 aliphatic carbocycles. The van der Waals surface area contributed by atoms with Crippen molar-refractivity contribution >= 4 is 5.97 Å². The van der Waals surface area contributed by atoms with Crippen LogP contribution in [0.2, 0.25) is 0 Å². The van der Waals surface area contributed by atoms with Crippen molar-refractivity contribution in [1.82, 2.24) is 0 Å². The van der Waals surface area contributed by atoms with Gasteiger partial charge in [-0.15, -0.1) is 0 Å². The summed E-state index contributed by atoms with van der Waals surface area (Å²) in [6.45, 7) is 5.63. The van der Waals surface area contributed by atoms with Crippen LogP contribution in [-0.2, 0) is 34.1 Å². The van der Waals surface area contributed by atoms with Gasteiger partial charge < -0.3 is 23.7 Å². The molecule has 0 amide bonds. The average molecular weight is 489 g/mol. The fraction of sp³-hybridized carbons (Fsp3) is 0.367. The minimum Gasteiger partial charge on any atom is -0.457 e. The van der Waals surface area contributed by atoms with Gasteiger partial charge in [0.15, 0.2) is 11.9 Å². The number of carbonyl (C=O) groups excluding carboxylic acids is 1. The van der Waals surface area contributed by atoms with Crippen molar-refractivity contribution in [2.24, 2.45) is 0 Å². The molecule has 6 heteroatoms. The van der Waals surface area contributed by atoms with E-state index in [2.05, 4.69) is 36.4 Å². The van der Waals surface area contributed by atoms with Crippen molar-refractivity contribution in [3.63, 3.8) is 0 Å². The minimum atomic E-state index is -0.904. The fourth-order valence-corrected chi connectivity index (χ4v) is 5.17. The van der Waals surface area contributed by atoms with E-state index < -0.39 is 29.7 Å². The summed E-state index contributed by atoms with van der Waals surface area (Å²) in [6.07, 6.45) is -1.94. The highest BCUT2D eigenvalue weighted by Crippen LogP contribution is 2.42. The predicted molar refractivity (Wildman–Crippen MR) is 134 cm³/mol. The first-order valence-corrected chi connectivity index (χ1v) is 12.3. The van der Waals surface area contributed by atoms with Crippen molar-refractivity contribution in [2.45, 2.75) is 56.6 Å². The van der Waals surface area contributed by atoms with Crippen LogP contribution in [-0.4, -0.2) is 49.4 Å². The second kappa shape index (κ2) is 10.1. The van der Waals surface area contributed by atoms with E-state index >= 15 is 0 Å². The van der Waals surface area contributed by atoms with Crippen molar-refractivity contribution in [2.75, 3.05) is 13.2 Å². The first-order valence-electron chi connectivity index (χ1n) is 12.3. The lowest BCUT2D eigenvalue weighted by Crippen LogP contribution is -2.51. The van der Waals surface area contributed by atoms with Gasteiger partial charge >= 0.3 is 5.97 Å². The largest absolute Gasteiger partial charge is 0.457 e. The smallest absolute Gasteiger partial charge is 0.303 e. The monoisotopic (exact) mass is 488 g/mol. The molecule has 36 heavy (non-hydrogen) atoms. The molecule has 188 valence electrons. The second-order valence-corrected chi connectivity index (χ2v) is 9.67. The minimum absolute atomic E-state index is 0.174. The predicted octanol–water partition coefficient (Wildman–Crippen LogP) is 4.85. The van der Waals surface area contributed by atoms with Crippen molar-refractivity contribution < 1.29 is 28.5 Å². The van der Waals surface area contributed by atoms with Crippen LogP contribution in [0.4, 0.5) is 0 Å². The van der Waals surface area contributed by atoms with E-state index in [0.717, 1.165) is 16.7 Å². The molecule has 6 nitrogen and oxygen atoms in total. The maximum atomic E-state index is 12.0. The Balaban J connectivity index is 1.53. The highest BCUT2D eigenvalue weighted by atomic mass is 16.7. The Morgan fingerprint density at radius 2 is 1.39 bits per heavy atom. The molecular weight excluding hydrogens is 456 g/mol. The molecular formula is C30H32O6. The molecule has 0 bridgehead atoms. The Bertz CT molecular complexity index is 1050. The van der Waals surface area contributed by atoms with Gasteiger partial charge in [0, 0.05) is 6.92 Å².